The van der Waals surface area contributed by atoms with Gasteiger partial charge in [-0.3, -0.25) is 14.5 Å². The van der Waals surface area contributed by atoms with Crippen LogP contribution in [0.25, 0.3) is 5.76 Å². The highest BCUT2D eigenvalue weighted by atomic mass is 16.5. The van der Waals surface area contributed by atoms with E-state index in [4.69, 9.17) is 9.47 Å². The second-order valence-electron chi connectivity index (χ2n) is 9.97. The molecule has 8 heteroatoms. The van der Waals surface area contributed by atoms with Crippen LogP contribution in [0, 0.1) is 5.92 Å². The number of phenolic OH excluding ortho intramolecular Hbond substituents is 1. The van der Waals surface area contributed by atoms with Crippen LogP contribution in [0.1, 0.15) is 37.9 Å². The molecule has 1 unspecified atom stereocenters. The standard InChI is InChI=1S/C31H34N2O6/c1-6-38-26-17-21(9-16-25(26)34)28-27(29(35)20-7-14-24(15-8-20)39-18-19(2)3)30(36)31(37)33(28)23-12-10-22(11-13-23)32(4)5/h7-17,19,28,34-35H,6,18H2,1-5H3/b29-27-. The van der Waals surface area contributed by atoms with Crippen molar-refractivity contribution in [2.45, 2.75) is 26.8 Å². The van der Waals surface area contributed by atoms with Gasteiger partial charge in [0.25, 0.3) is 11.7 Å². The zero-order chi connectivity index (χ0) is 28.3. The van der Waals surface area contributed by atoms with Crippen molar-refractivity contribution in [1.29, 1.82) is 0 Å². The first-order valence-corrected chi connectivity index (χ1v) is 12.9. The summed E-state index contributed by atoms with van der Waals surface area (Å²) in [5.41, 5.74) is 2.25. The first-order chi connectivity index (χ1) is 18.6. The highest BCUT2D eigenvalue weighted by Crippen LogP contribution is 2.44. The molecule has 0 saturated carbocycles. The van der Waals surface area contributed by atoms with E-state index in [1.54, 1.807) is 55.5 Å². The maximum atomic E-state index is 13.5. The minimum Gasteiger partial charge on any atom is -0.507 e. The van der Waals surface area contributed by atoms with Crippen molar-refractivity contribution in [2.75, 3.05) is 37.1 Å². The lowest BCUT2D eigenvalue weighted by atomic mass is 9.94. The lowest BCUT2D eigenvalue weighted by Crippen LogP contribution is -2.29. The zero-order valence-electron chi connectivity index (χ0n) is 22.8. The van der Waals surface area contributed by atoms with Gasteiger partial charge in [0.1, 0.15) is 11.5 Å². The van der Waals surface area contributed by atoms with Gasteiger partial charge in [-0.25, -0.2) is 0 Å². The summed E-state index contributed by atoms with van der Waals surface area (Å²) in [5.74, 6) is -0.722. The molecule has 0 spiro atoms. The van der Waals surface area contributed by atoms with E-state index in [2.05, 4.69) is 0 Å². The van der Waals surface area contributed by atoms with Crippen LogP contribution in [0.3, 0.4) is 0 Å². The number of aliphatic hydroxyl groups excluding tert-OH is 1. The number of phenols is 1. The number of carbonyl (C=O) groups excluding carboxylic acids is 2. The molecular formula is C31H34N2O6. The highest BCUT2D eigenvalue weighted by Gasteiger charge is 2.47. The fourth-order valence-electron chi connectivity index (χ4n) is 4.42. The van der Waals surface area contributed by atoms with Crippen molar-refractivity contribution >= 4 is 28.8 Å². The maximum Gasteiger partial charge on any atom is 0.300 e. The Hall–Kier alpha value is -4.46. The molecule has 1 saturated heterocycles. The third-order valence-electron chi connectivity index (χ3n) is 6.40. The molecule has 2 N–H and O–H groups in total. The van der Waals surface area contributed by atoms with Crippen LogP contribution in [-0.2, 0) is 9.59 Å². The second kappa shape index (κ2) is 11.5. The van der Waals surface area contributed by atoms with Crippen LogP contribution in [0.15, 0.2) is 72.3 Å². The van der Waals surface area contributed by atoms with Crippen LogP contribution in [0.4, 0.5) is 11.4 Å². The SMILES string of the molecule is CCOc1cc(C2/C(=C(/O)c3ccc(OCC(C)C)cc3)C(=O)C(=O)N2c2ccc(N(C)C)cc2)ccc1O. The minimum absolute atomic E-state index is 0.0549. The molecule has 0 aliphatic carbocycles. The molecular weight excluding hydrogens is 496 g/mol. The summed E-state index contributed by atoms with van der Waals surface area (Å²) in [6.07, 6.45) is 0. The average molecular weight is 531 g/mol. The van der Waals surface area contributed by atoms with Crippen molar-refractivity contribution in [2.24, 2.45) is 5.92 Å². The van der Waals surface area contributed by atoms with Crippen molar-refractivity contribution < 1.29 is 29.3 Å². The summed E-state index contributed by atoms with van der Waals surface area (Å²) in [5, 5.41) is 21.7. The van der Waals surface area contributed by atoms with E-state index in [0.717, 1.165) is 5.69 Å². The van der Waals surface area contributed by atoms with Crippen molar-refractivity contribution in [3.8, 4) is 17.2 Å². The van der Waals surface area contributed by atoms with Crippen LogP contribution in [-0.4, -0.2) is 49.2 Å². The van der Waals surface area contributed by atoms with Crippen LogP contribution in [0.2, 0.25) is 0 Å². The molecule has 4 rings (SSSR count). The zero-order valence-corrected chi connectivity index (χ0v) is 22.8. The fraction of sp³-hybridized carbons (Fsp3) is 0.290. The summed E-state index contributed by atoms with van der Waals surface area (Å²) in [6, 6.07) is 17.7. The Morgan fingerprint density at radius 2 is 1.64 bits per heavy atom. The van der Waals surface area contributed by atoms with Gasteiger partial charge in [0, 0.05) is 31.0 Å². The molecule has 1 heterocycles. The van der Waals surface area contributed by atoms with E-state index in [9.17, 15) is 19.8 Å². The van der Waals surface area contributed by atoms with Gasteiger partial charge in [0.15, 0.2) is 11.5 Å². The first kappa shape index (κ1) is 27.6. The Bertz CT molecular complexity index is 1380. The number of carbonyl (C=O) groups is 2. The second-order valence-corrected chi connectivity index (χ2v) is 9.97. The molecule has 1 aliphatic heterocycles. The van der Waals surface area contributed by atoms with Gasteiger partial charge in [-0.05, 0) is 79.1 Å². The lowest BCUT2D eigenvalue weighted by molar-refractivity contribution is -0.132. The number of ketones is 1. The number of hydrogen-bond acceptors (Lipinski definition) is 7. The van der Waals surface area contributed by atoms with Crippen molar-refractivity contribution in [3.05, 3.63) is 83.4 Å². The number of rotatable bonds is 9. The fourth-order valence-corrected chi connectivity index (χ4v) is 4.42. The Labute approximate surface area is 228 Å². The Morgan fingerprint density at radius 1 is 0.974 bits per heavy atom. The van der Waals surface area contributed by atoms with E-state index in [1.165, 1.54) is 11.0 Å². The number of aromatic hydroxyl groups is 1. The van der Waals surface area contributed by atoms with Gasteiger partial charge < -0.3 is 24.6 Å². The van der Waals surface area contributed by atoms with Crippen molar-refractivity contribution in [1.82, 2.24) is 0 Å². The molecule has 204 valence electrons. The molecule has 1 fully saturated rings. The minimum atomic E-state index is -0.952. The van der Waals surface area contributed by atoms with Crippen LogP contribution in [0.5, 0.6) is 17.2 Å². The van der Waals surface area contributed by atoms with Gasteiger partial charge >= 0.3 is 0 Å². The van der Waals surface area contributed by atoms with Crippen LogP contribution >= 0.6 is 0 Å². The predicted molar refractivity (Wildman–Crippen MR) is 152 cm³/mol. The monoisotopic (exact) mass is 530 g/mol. The summed E-state index contributed by atoms with van der Waals surface area (Å²) in [6.45, 7) is 6.75. The quantitative estimate of drug-likeness (QED) is 0.214. The molecule has 0 radical (unpaired) electrons. The number of anilines is 2. The van der Waals surface area contributed by atoms with Gasteiger partial charge in [-0.2, -0.15) is 0 Å². The molecule has 1 amide bonds. The molecule has 0 bridgehead atoms. The molecule has 1 atom stereocenters. The van der Waals surface area contributed by atoms with Gasteiger partial charge in [-0.1, -0.05) is 19.9 Å². The van der Waals surface area contributed by atoms with Gasteiger partial charge in [0.05, 0.1) is 24.8 Å². The Kier molecular flexibility index (Phi) is 8.14. The molecule has 3 aromatic rings. The van der Waals surface area contributed by atoms with E-state index < -0.39 is 17.7 Å². The number of amides is 1. The highest BCUT2D eigenvalue weighted by molar-refractivity contribution is 6.51. The maximum absolute atomic E-state index is 13.5. The lowest BCUT2D eigenvalue weighted by Gasteiger charge is -2.26. The Balaban J connectivity index is 1.84. The summed E-state index contributed by atoms with van der Waals surface area (Å²) in [4.78, 5) is 30.2. The molecule has 3 aromatic carbocycles. The third-order valence-corrected chi connectivity index (χ3v) is 6.40. The summed E-state index contributed by atoms with van der Waals surface area (Å²) >= 11 is 0. The molecule has 39 heavy (non-hydrogen) atoms. The average Bonchev–Trinajstić information content (AvgIpc) is 3.18. The number of nitrogens with zero attached hydrogens (tertiary/aromatic N) is 2. The summed E-state index contributed by atoms with van der Waals surface area (Å²) < 4.78 is 11.3. The number of hydrogen-bond donors (Lipinski definition) is 2. The van der Waals surface area contributed by atoms with Crippen molar-refractivity contribution in [3.63, 3.8) is 0 Å². The molecule has 8 nitrogen and oxygen atoms in total. The smallest absolute Gasteiger partial charge is 0.300 e. The largest absolute Gasteiger partial charge is 0.507 e. The Morgan fingerprint density at radius 3 is 2.23 bits per heavy atom. The normalized spacial score (nSPS) is 16.6. The van der Waals surface area contributed by atoms with E-state index in [-0.39, 0.29) is 22.8 Å². The van der Waals surface area contributed by atoms with Gasteiger partial charge in [0.2, 0.25) is 0 Å². The number of ether oxygens (including phenoxy) is 2. The number of benzene rings is 3. The number of aliphatic hydroxyl groups is 1. The first-order valence-electron chi connectivity index (χ1n) is 12.9. The molecule has 0 aromatic heterocycles. The third kappa shape index (κ3) is 5.70. The molecule has 1 aliphatic rings. The van der Waals surface area contributed by atoms with Crippen LogP contribution < -0.4 is 19.3 Å². The predicted octanol–water partition coefficient (Wildman–Crippen LogP) is 5.52. The number of Topliss-reactive ketones (excluding diaryl/α,β-unsaturated/α-hetero) is 1. The summed E-state index contributed by atoms with van der Waals surface area (Å²) in [7, 11) is 3.82. The van der Waals surface area contributed by atoms with E-state index >= 15 is 0 Å². The van der Waals surface area contributed by atoms with E-state index in [1.807, 2.05) is 45.0 Å². The topological polar surface area (TPSA) is 99.5 Å². The van der Waals surface area contributed by atoms with E-state index in [0.29, 0.717) is 41.7 Å². The van der Waals surface area contributed by atoms with Gasteiger partial charge in [-0.15, -0.1) is 0 Å².